The van der Waals surface area contributed by atoms with Gasteiger partial charge in [-0.25, -0.2) is 14.4 Å². The molecule has 0 fully saturated rings. The molecule has 0 saturated heterocycles. The fourth-order valence-electron chi connectivity index (χ4n) is 3.72. The van der Waals surface area contributed by atoms with Crippen molar-refractivity contribution < 1.29 is 4.39 Å². The molecular weight excluding hydrogens is 409 g/mol. The third kappa shape index (κ3) is 3.69. The Morgan fingerprint density at radius 1 is 1.03 bits per heavy atom. The van der Waals surface area contributed by atoms with E-state index in [9.17, 15) is 9.65 Å². The van der Waals surface area contributed by atoms with Gasteiger partial charge in [-0.2, -0.15) is 5.26 Å². The second-order valence-corrected chi connectivity index (χ2v) is 7.84. The van der Waals surface area contributed by atoms with E-state index >= 15 is 0 Å². The number of anilines is 1. The maximum Gasteiger partial charge on any atom is 0.139 e. The first-order valence-corrected chi connectivity index (χ1v) is 10.4. The van der Waals surface area contributed by atoms with E-state index in [4.69, 9.17) is 0 Å². The highest BCUT2D eigenvalue weighted by Crippen LogP contribution is 2.35. The van der Waals surface area contributed by atoms with E-state index in [-0.39, 0.29) is 12.4 Å². The van der Waals surface area contributed by atoms with Gasteiger partial charge in [0.25, 0.3) is 0 Å². The van der Waals surface area contributed by atoms with E-state index in [0.29, 0.717) is 0 Å². The fraction of sp³-hybridized carbons (Fsp3) is 0.0417. The molecule has 0 radical (unpaired) electrons. The highest BCUT2D eigenvalue weighted by molar-refractivity contribution is 8.00. The van der Waals surface area contributed by atoms with E-state index in [1.54, 1.807) is 12.3 Å². The summed E-state index contributed by atoms with van der Waals surface area (Å²) in [6, 6.07) is 23.0. The lowest BCUT2D eigenvalue weighted by Crippen LogP contribution is -1.98. The average molecular weight is 425 g/mol. The molecule has 0 atom stereocenters. The van der Waals surface area contributed by atoms with Crippen molar-refractivity contribution in [1.29, 1.82) is 5.26 Å². The zero-order valence-corrected chi connectivity index (χ0v) is 17.1. The van der Waals surface area contributed by atoms with Crippen molar-refractivity contribution in [3.05, 3.63) is 85.1 Å². The summed E-state index contributed by atoms with van der Waals surface area (Å²) in [5.74, 6) is 0.450. The van der Waals surface area contributed by atoms with Gasteiger partial charge >= 0.3 is 0 Å². The number of benzene rings is 3. The fourth-order valence-corrected chi connectivity index (χ4v) is 4.38. The van der Waals surface area contributed by atoms with Crippen molar-refractivity contribution in [3.63, 3.8) is 0 Å². The summed E-state index contributed by atoms with van der Waals surface area (Å²) >= 11 is 1.48. The molecule has 0 spiro atoms. The molecule has 5 nitrogen and oxygen atoms in total. The molecule has 0 unspecified atom stereocenters. The Morgan fingerprint density at radius 2 is 1.97 bits per heavy atom. The van der Waals surface area contributed by atoms with Crippen LogP contribution in [0.3, 0.4) is 0 Å². The van der Waals surface area contributed by atoms with Crippen LogP contribution in [-0.4, -0.2) is 14.5 Å². The Morgan fingerprint density at radius 3 is 2.81 bits per heavy atom. The zero-order chi connectivity index (χ0) is 21.2. The van der Waals surface area contributed by atoms with Crippen LogP contribution in [0, 0.1) is 17.1 Å². The second kappa shape index (κ2) is 8.09. The molecule has 150 valence electrons. The Labute approximate surface area is 182 Å². The lowest BCUT2D eigenvalue weighted by molar-refractivity contribution is 0.629. The molecule has 0 bridgehead atoms. The van der Waals surface area contributed by atoms with Crippen LogP contribution in [-0.2, 0) is 6.54 Å². The summed E-state index contributed by atoms with van der Waals surface area (Å²) in [7, 11) is 0. The van der Waals surface area contributed by atoms with Gasteiger partial charge in [-0.15, -0.1) is 0 Å². The van der Waals surface area contributed by atoms with Crippen molar-refractivity contribution in [1.82, 2.24) is 14.5 Å². The molecular formula is C24H16FN5S. The predicted molar refractivity (Wildman–Crippen MR) is 122 cm³/mol. The van der Waals surface area contributed by atoms with E-state index in [1.165, 1.54) is 30.4 Å². The summed E-state index contributed by atoms with van der Waals surface area (Å²) in [6.07, 6.45) is 3.19. The summed E-state index contributed by atoms with van der Waals surface area (Å²) < 4.78 is 18.9. The Hall–Kier alpha value is -3.89. The monoisotopic (exact) mass is 425 g/mol. The van der Waals surface area contributed by atoms with Crippen LogP contribution in [0.2, 0.25) is 0 Å². The van der Waals surface area contributed by atoms with Crippen molar-refractivity contribution in [2.45, 2.75) is 11.4 Å². The van der Waals surface area contributed by atoms with Crippen LogP contribution in [0.5, 0.6) is 0 Å². The summed E-state index contributed by atoms with van der Waals surface area (Å²) in [4.78, 5) is 9.13. The van der Waals surface area contributed by atoms with Crippen molar-refractivity contribution in [2.75, 3.05) is 4.72 Å². The first-order valence-electron chi connectivity index (χ1n) is 9.61. The summed E-state index contributed by atoms with van der Waals surface area (Å²) in [5.41, 5.74) is 2.74. The minimum atomic E-state index is -0.288. The van der Waals surface area contributed by atoms with Gasteiger partial charge in [-0.05, 0) is 65.2 Å². The molecule has 2 heterocycles. The van der Waals surface area contributed by atoms with Crippen LogP contribution in [0.4, 0.5) is 10.2 Å². The topological polar surface area (TPSA) is 66.5 Å². The van der Waals surface area contributed by atoms with Gasteiger partial charge in [-0.3, -0.25) is 0 Å². The standard InChI is InChI=1S/C24H16FN5S/c25-18-4-7-22-17(12-18)14-23(30(22)11-9-26)21-3-1-2-16-13-19(5-6-20(16)21)31-29-24-8-10-27-15-28-24/h1-8,10,12-15H,11H2,(H,27,28,29). The van der Waals surface area contributed by atoms with E-state index in [1.807, 2.05) is 34.9 Å². The van der Waals surface area contributed by atoms with Crippen LogP contribution in [0.15, 0.2) is 84.1 Å². The number of nitrogens with zero attached hydrogens (tertiary/aromatic N) is 4. The van der Waals surface area contributed by atoms with Crippen molar-refractivity contribution in [3.8, 4) is 17.3 Å². The normalized spacial score (nSPS) is 11.0. The molecule has 3 aromatic carbocycles. The first-order chi connectivity index (χ1) is 15.2. The van der Waals surface area contributed by atoms with Gasteiger partial charge < -0.3 is 9.29 Å². The lowest BCUT2D eigenvalue weighted by Gasteiger charge is -2.11. The highest BCUT2D eigenvalue weighted by Gasteiger charge is 2.14. The van der Waals surface area contributed by atoms with Crippen LogP contribution in [0.25, 0.3) is 32.9 Å². The summed E-state index contributed by atoms with van der Waals surface area (Å²) in [6.45, 7) is 0.192. The van der Waals surface area contributed by atoms with Crippen molar-refractivity contribution in [2.24, 2.45) is 0 Å². The number of nitrogens with one attached hydrogen (secondary N) is 1. The van der Waals surface area contributed by atoms with Crippen LogP contribution >= 0.6 is 11.9 Å². The molecule has 0 amide bonds. The quantitative estimate of drug-likeness (QED) is 0.348. The molecule has 5 rings (SSSR count). The maximum atomic E-state index is 13.8. The van der Waals surface area contributed by atoms with Crippen LogP contribution in [0.1, 0.15) is 0 Å². The Bertz CT molecular complexity index is 1440. The molecule has 1 N–H and O–H groups in total. The van der Waals surface area contributed by atoms with E-state index in [2.05, 4.69) is 39.0 Å². The second-order valence-electron chi connectivity index (χ2n) is 6.96. The SMILES string of the molecule is N#CCn1c(-c2cccc3cc(SNc4ccncn4)ccc23)cc2cc(F)ccc21. The molecule has 7 heteroatoms. The molecule has 0 aliphatic carbocycles. The molecule has 0 saturated carbocycles. The van der Waals surface area contributed by atoms with Crippen LogP contribution < -0.4 is 4.72 Å². The van der Waals surface area contributed by atoms with Gasteiger partial charge in [0.2, 0.25) is 0 Å². The minimum absolute atomic E-state index is 0.192. The van der Waals surface area contributed by atoms with Gasteiger partial charge in [-0.1, -0.05) is 24.3 Å². The van der Waals surface area contributed by atoms with Gasteiger partial charge in [0, 0.05) is 27.6 Å². The molecule has 5 aromatic rings. The number of hydrogen-bond donors (Lipinski definition) is 1. The number of hydrogen-bond acceptors (Lipinski definition) is 5. The first kappa shape index (κ1) is 19.1. The van der Waals surface area contributed by atoms with E-state index < -0.39 is 0 Å². The number of aromatic nitrogens is 3. The number of fused-ring (bicyclic) bond motifs is 2. The highest BCUT2D eigenvalue weighted by atomic mass is 32.2. The third-order valence-corrected chi connectivity index (χ3v) is 5.88. The Balaban J connectivity index is 1.56. The minimum Gasteiger partial charge on any atom is -0.326 e. The van der Waals surface area contributed by atoms with Gasteiger partial charge in [0.05, 0.1) is 11.8 Å². The smallest absolute Gasteiger partial charge is 0.139 e. The zero-order valence-electron chi connectivity index (χ0n) is 16.3. The van der Waals surface area contributed by atoms with Crippen molar-refractivity contribution >= 4 is 39.4 Å². The molecule has 0 aliphatic heterocycles. The Kier molecular flexibility index (Phi) is 4.98. The predicted octanol–water partition coefficient (Wildman–Crippen LogP) is 6.03. The largest absolute Gasteiger partial charge is 0.326 e. The number of rotatable bonds is 5. The van der Waals surface area contributed by atoms with Gasteiger partial charge in [0.15, 0.2) is 0 Å². The van der Waals surface area contributed by atoms with E-state index in [0.717, 1.165) is 43.6 Å². The molecule has 31 heavy (non-hydrogen) atoms. The summed E-state index contributed by atoms with van der Waals surface area (Å²) in [5, 5.41) is 12.3. The molecule has 2 aromatic heterocycles. The lowest BCUT2D eigenvalue weighted by atomic mass is 10.0. The maximum absolute atomic E-state index is 13.8. The molecule has 0 aliphatic rings. The number of halogens is 1. The third-order valence-electron chi connectivity index (χ3n) is 5.08. The van der Waals surface area contributed by atoms with Gasteiger partial charge in [0.1, 0.15) is 24.5 Å². The number of nitriles is 1. The average Bonchev–Trinajstić information content (AvgIpc) is 3.15.